The highest BCUT2D eigenvalue weighted by Crippen LogP contribution is 2.19. The van der Waals surface area contributed by atoms with Crippen LogP contribution >= 0.6 is 0 Å². The summed E-state index contributed by atoms with van der Waals surface area (Å²) < 4.78 is 24.4. The predicted octanol–water partition coefficient (Wildman–Crippen LogP) is 3.53. The second-order valence-electron chi connectivity index (χ2n) is 16.6. The van der Waals surface area contributed by atoms with Crippen molar-refractivity contribution in [2.24, 2.45) is 0 Å². The number of ether oxygens (including phenoxy) is 3. The Hall–Kier alpha value is -5.72. The Balaban J connectivity index is 1.06. The molecule has 0 N–H and O–H groups in total. The Morgan fingerprint density at radius 3 is 1.02 bits per heavy atom. The summed E-state index contributed by atoms with van der Waals surface area (Å²) >= 11 is 0. The molecule has 0 saturated carbocycles. The van der Waals surface area contributed by atoms with Crippen LogP contribution in [0.3, 0.4) is 0 Å². The van der Waals surface area contributed by atoms with Gasteiger partial charge in [0.1, 0.15) is 54.2 Å². The Morgan fingerprint density at radius 1 is 0.387 bits per heavy atom. The molecule has 6 aromatic rings. The Bertz CT molecular complexity index is 2040. The summed E-state index contributed by atoms with van der Waals surface area (Å²) in [7, 11) is 6.59. The first kappa shape index (κ1) is 42.9. The van der Waals surface area contributed by atoms with Crippen molar-refractivity contribution in [1.29, 1.82) is 0 Å². The number of rotatable bonds is 0. The fraction of sp³-hybridized carbons (Fsp3) is 0.467. The van der Waals surface area contributed by atoms with E-state index < -0.39 is 0 Å². The van der Waals surface area contributed by atoms with E-state index >= 15 is 0 Å². The summed E-state index contributed by atoms with van der Waals surface area (Å²) in [6.07, 6.45) is 5.90. The van der Waals surface area contributed by atoms with Gasteiger partial charge in [-0.1, -0.05) is 52.0 Å². The van der Waals surface area contributed by atoms with Crippen molar-refractivity contribution >= 4 is 0 Å². The zero-order valence-electron chi connectivity index (χ0n) is 36.4. The van der Waals surface area contributed by atoms with Gasteiger partial charge in [-0.2, -0.15) is 0 Å². The van der Waals surface area contributed by atoms with E-state index in [9.17, 15) is 0 Å². The first-order valence-corrected chi connectivity index (χ1v) is 21.7. The van der Waals surface area contributed by atoms with Gasteiger partial charge in [-0.15, -0.1) is 15.3 Å². The average molecular weight is 845 g/mol. The summed E-state index contributed by atoms with van der Waals surface area (Å²) in [5, 5.41) is 26.6. The third-order valence-corrected chi connectivity index (χ3v) is 11.3. The fourth-order valence-corrected chi connectivity index (χ4v) is 7.73. The maximum Gasteiger partial charge on any atom is 0.134 e. The van der Waals surface area contributed by atoms with Crippen molar-refractivity contribution < 1.29 is 14.2 Å². The molecule has 328 valence electrons. The van der Waals surface area contributed by atoms with Crippen molar-refractivity contribution in [3.05, 3.63) is 125 Å². The molecule has 0 unspecified atom stereocenters. The molecule has 0 fully saturated rings. The van der Waals surface area contributed by atoms with Crippen molar-refractivity contribution in [3.63, 3.8) is 0 Å². The molecule has 17 heteroatoms. The van der Waals surface area contributed by atoms with Gasteiger partial charge in [-0.3, -0.25) is 23.8 Å². The lowest BCUT2D eigenvalue weighted by Crippen LogP contribution is -2.41. The topological polar surface area (TPSA) is 136 Å². The van der Waals surface area contributed by atoms with Gasteiger partial charge in [-0.05, 0) is 74.2 Å². The van der Waals surface area contributed by atoms with Crippen molar-refractivity contribution in [2.75, 3.05) is 80.0 Å². The minimum absolute atomic E-state index is 0.341. The van der Waals surface area contributed by atoms with E-state index in [4.69, 9.17) is 14.2 Å². The molecule has 6 heterocycles. The van der Waals surface area contributed by atoms with Crippen LogP contribution in [0.15, 0.2) is 91.4 Å². The van der Waals surface area contributed by atoms with Gasteiger partial charge in [0.15, 0.2) is 0 Å². The molecule has 3 aromatic heterocycles. The molecule has 0 saturated heterocycles. The van der Waals surface area contributed by atoms with E-state index in [1.165, 1.54) is 16.7 Å². The molecule has 0 aliphatic carbocycles. The summed E-state index contributed by atoms with van der Waals surface area (Å²) in [5.74, 6) is 2.47. The van der Waals surface area contributed by atoms with Crippen molar-refractivity contribution in [2.45, 2.75) is 59.1 Å². The Labute approximate surface area is 364 Å². The summed E-state index contributed by atoms with van der Waals surface area (Å²) in [6.45, 7) is 13.3. The van der Waals surface area contributed by atoms with E-state index in [1.54, 1.807) is 0 Å². The smallest absolute Gasteiger partial charge is 0.134 e. The monoisotopic (exact) mass is 844 g/mol. The molecule has 17 nitrogen and oxygen atoms in total. The summed E-state index contributed by atoms with van der Waals surface area (Å²) in [5.41, 5.74) is 5.97. The number of hydrogen-bond acceptors (Lipinski definition) is 14. The summed E-state index contributed by atoms with van der Waals surface area (Å²) in [6, 6.07) is 25.1. The Morgan fingerprint density at radius 2 is 0.694 bits per heavy atom. The molecule has 0 radical (unpaired) electrons. The first-order chi connectivity index (χ1) is 30.3. The van der Waals surface area contributed by atoms with Crippen LogP contribution in [0.5, 0.6) is 17.2 Å². The fourth-order valence-electron chi connectivity index (χ4n) is 7.73. The maximum atomic E-state index is 6.24. The quantitative estimate of drug-likeness (QED) is 0.221. The van der Waals surface area contributed by atoms with Crippen LogP contribution in [0, 0.1) is 0 Å². The van der Waals surface area contributed by atoms with Gasteiger partial charge >= 0.3 is 0 Å². The standard InChI is InChI=1S/C45H60N14O3/c1-52-13-16-55-17-14-53(2)29-38-8-5-11-44(26-38)61-35-41-32-58(50-47-41)23-20-56(19-22-57-31-40(46-49-57)34-60-43-10-4-7-37(25-43)28-52)21-24-59-33-42(48-51-59)36-62-45-12-6-9-39(27-45)30-54(3)15-18-55/h4-12,25-27,31-33H,13-24,28-30,34-36H2,1-3H3. The second-order valence-corrected chi connectivity index (χ2v) is 16.6. The lowest BCUT2D eigenvalue weighted by Gasteiger charge is -2.29. The molecular formula is C45H60N14O3. The molecule has 0 spiro atoms. The number of fused-ring (bicyclic) bond motifs is 15. The maximum absolute atomic E-state index is 6.24. The van der Waals surface area contributed by atoms with Gasteiger partial charge in [0.25, 0.3) is 0 Å². The van der Waals surface area contributed by atoms with Crippen LogP contribution in [0.4, 0.5) is 0 Å². The summed E-state index contributed by atoms with van der Waals surface area (Å²) in [4.78, 5) is 12.1. The van der Waals surface area contributed by atoms with Gasteiger partial charge in [0.2, 0.25) is 0 Å². The highest BCUT2D eigenvalue weighted by atomic mass is 16.5. The van der Waals surface area contributed by atoms with Crippen LogP contribution < -0.4 is 14.2 Å². The molecule has 62 heavy (non-hydrogen) atoms. The van der Waals surface area contributed by atoms with Gasteiger partial charge in [-0.25, -0.2) is 0 Å². The number of nitrogens with zero attached hydrogens (tertiary/aromatic N) is 14. The third kappa shape index (κ3) is 13.1. The van der Waals surface area contributed by atoms with E-state index in [1.807, 2.05) is 50.8 Å². The zero-order chi connectivity index (χ0) is 42.5. The number of likely N-dealkylation sites (N-methyl/N-ethyl adjacent to an activating group) is 3. The minimum Gasteiger partial charge on any atom is -0.487 e. The lowest BCUT2D eigenvalue weighted by atomic mass is 10.2. The Kier molecular flexibility index (Phi) is 14.8. The van der Waals surface area contributed by atoms with Crippen molar-refractivity contribution in [3.8, 4) is 17.2 Å². The van der Waals surface area contributed by atoms with Crippen LogP contribution in [0.1, 0.15) is 33.8 Å². The molecule has 14 bridgehead atoms. The highest BCUT2D eigenvalue weighted by Gasteiger charge is 2.15. The van der Waals surface area contributed by atoms with E-state index in [0.717, 1.165) is 113 Å². The van der Waals surface area contributed by atoms with Gasteiger partial charge in [0, 0.05) is 78.5 Å². The third-order valence-electron chi connectivity index (χ3n) is 11.3. The zero-order valence-corrected chi connectivity index (χ0v) is 36.4. The first-order valence-electron chi connectivity index (χ1n) is 21.7. The van der Waals surface area contributed by atoms with Gasteiger partial charge < -0.3 is 28.9 Å². The SMILES string of the molecule is CN1CCN2CCN(C)Cc3cccc(c3)OCc3cn(nn3)CCN(CCn3cc(nn3)COc3cccc(c3)C1)CCn1cc(nn1)COc1cccc(c1)CN(C)CC2. The number of hydrogen-bond donors (Lipinski definition) is 0. The lowest BCUT2D eigenvalue weighted by molar-refractivity contribution is 0.174. The largest absolute Gasteiger partial charge is 0.487 e. The normalized spacial score (nSPS) is 20.2. The molecule has 3 aromatic carbocycles. The average Bonchev–Trinajstić information content (AvgIpc) is 4.05. The highest BCUT2D eigenvalue weighted by molar-refractivity contribution is 5.30. The van der Waals surface area contributed by atoms with Gasteiger partial charge in [0.05, 0.1) is 38.2 Å². The molecule has 3 aliphatic heterocycles. The van der Waals surface area contributed by atoms with Crippen LogP contribution in [-0.4, -0.2) is 150 Å². The molecular weight excluding hydrogens is 785 g/mol. The number of benzene rings is 3. The molecule has 0 atom stereocenters. The van der Waals surface area contributed by atoms with E-state index in [2.05, 4.69) is 131 Å². The van der Waals surface area contributed by atoms with E-state index in [-0.39, 0.29) is 0 Å². The van der Waals surface area contributed by atoms with Crippen LogP contribution in [-0.2, 0) is 59.1 Å². The van der Waals surface area contributed by atoms with Crippen LogP contribution in [0.25, 0.3) is 0 Å². The molecule has 9 rings (SSSR count). The molecule has 3 aliphatic rings. The van der Waals surface area contributed by atoms with Crippen LogP contribution in [0.2, 0.25) is 0 Å². The predicted molar refractivity (Wildman–Crippen MR) is 234 cm³/mol. The minimum atomic E-state index is 0.341. The molecule has 0 amide bonds. The number of aromatic nitrogens is 9. The van der Waals surface area contributed by atoms with Crippen molar-refractivity contribution in [1.82, 2.24) is 69.5 Å². The van der Waals surface area contributed by atoms with E-state index in [0.29, 0.717) is 39.5 Å². The second kappa shape index (κ2) is 21.4.